The number of nitrogens with one attached hydrogen (secondary N) is 1. The van der Waals surface area contributed by atoms with Crippen LogP contribution in [0.25, 0.3) is 0 Å². The SMILES string of the molecule is CC1CCCN(S(=O)(=O)c2cc(C(=O)OCC(=O)NCc3ccc(F)cc3)ccc2Cl)C1. The van der Waals surface area contributed by atoms with Crippen molar-refractivity contribution in [2.24, 2.45) is 5.92 Å². The van der Waals surface area contributed by atoms with E-state index in [9.17, 15) is 22.4 Å². The van der Waals surface area contributed by atoms with Gasteiger partial charge in [0.2, 0.25) is 10.0 Å². The van der Waals surface area contributed by atoms with Crippen LogP contribution in [0.3, 0.4) is 0 Å². The number of rotatable bonds is 7. The molecule has 0 aliphatic carbocycles. The highest BCUT2D eigenvalue weighted by Gasteiger charge is 2.31. The second kappa shape index (κ2) is 10.4. The third-order valence-corrected chi connectivity index (χ3v) is 7.49. The number of piperidine rings is 1. The predicted molar refractivity (Wildman–Crippen MR) is 117 cm³/mol. The number of halogens is 2. The second-order valence-corrected chi connectivity index (χ2v) is 10.0. The molecule has 3 rings (SSSR count). The highest BCUT2D eigenvalue weighted by molar-refractivity contribution is 7.89. The van der Waals surface area contributed by atoms with Crippen LogP contribution in [0, 0.1) is 11.7 Å². The van der Waals surface area contributed by atoms with Gasteiger partial charge in [0.15, 0.2) is 6.61 Å². The number of hydrogen-bond acceptors (Lipinski definition) is 5. The summed E-state index contributed by atoms with van der Waals surface area (Å²) < 4.78 is 45.4. The minimum absolute atomic E-state index is 0.0109. The zero-order valence-electron chi connectivity index (χ0n) is 17.5. The first-order valence-corrected chi connectivity index (χ1v) is 12.0. The number of benzene rings is 2. The molecule has 1 N–H and O–H groups in total. The largest absolute Gasteiger partial charge is 0.452 e. The van der Waals surface area contributed by atoms with E-state index in [1.807, 2.05) is 6.92 Å². The molecule has 1 amide bonds. The summed E-state index contributed by atoms with van der Waals surface area (Å²) in [6, 6.07) is 9.46. The van der Waals surface area contributed by atoms with Crippen LogP contribution in [0.15, 0.2) is 47.4 Å². The lowest BCUT2D eigenvalue weighted by Crippen LogP contribution is -2.39. The molecule has 0 saturated carbocycles. The average Bonchev–Trinajstić information content (AvgIpc) is 2.77. The Balaban J connectivity index is 1.62. The van der Waals surface area contributed by atoms with Gasteiger partial charge in [-0.2, -0.15) is 4.31 Å². The van der Waals surface area contributed by atoms with Crippen LogP contribution in [0.4, 0.5) is 4.39 Å². The first kappa shape index (κ1) is 24.2. The summed E-state index contributed by atoms with van der Waals surface area (Å²) in [5.74, 6) is -1.54. The number of esters is 1. The zero-order chi connectivity index (χ0) is 23.3. The summed E-state index contributed by atoms with van der Waals surface area (Å²) in [5.41, 5.74) is 0.662. The molecule has 1 fully saturated rings. The van der Waals surface area contributed by atoms with Crippen molar-refractivity contribution in [3.05, 3.63) is 64.4 Å². The Kier molecular flexibility index (Phi) is 7.86. The molecule has 1 unspecified atom stereocenters. The van der Waals surface area contributed by atoms with E-state index in [2.05, 4.69) is 5.32 Å². The fraction of sp³-hybridized carbons (Fsp3) is 0.364. The average molecular weight is 483 g/mol. The van der Waals surface area contributed by atoms with Crippen LogP contribution in [0.5, 0.6) is 0 Å². The van der Waals surface area contributed by atoms with E-state index >= 15 is 0 Å². The lowest BCUT2D eigenvalue weighted by molar-refractivity contribution is -0.124. The first-order chi connectivity index (χ1) is 15.2. The molecule has 1 heterocycles. The van der Waals surface area contributed by atoms with Crippen molar-refractivity contribution in [1.82, 2.24) is 9.62 Å². The standard InChI is InChI=1S/C22H24ClFN2O5S/c1-15-3-2-10-26(13-15)32(29,30)20-11-17(6-9-19(20)23)22(28)31-14-21(27)25-12-16-4-7-18(24)8-5-16/h4-9,11,15H,2-3,10,12-14H2,1H3,(H,25,27). The lowest BCUT2D eigenvalue weighted by Gasteiger charge is -2.30. The van der Waals surface area contributed by atoms with Crippen LogP contribution >= 0.6 is 11.6 Å². The summed E-state index contributed by atoms with van der Waals surface area (Å²) in [6.07, 6.45) is 1.71. The van der Waals surface area contributed by atoms with Gasteiger partial charge in [-0.25, -0.2) is 17.6 Å². The van der Waals surface area contributed by atoms with E-state index in [0.29, 0.717) is 18.7 Å². The van der Waals surface area contributed by atoms with Gasteiger partial charge in [0.25, 0.3) is 5.91 Å². The molecule has 0 spiro atoms. The van der Waals surface area contributed by atoms with Crippen LogP contribution in [-0.2, 0) is 26.1 Å². The highest BCUT2D eigenvalue weighted by Crippen LogP contribution is 2.29. The monoisotopic (exact) mass is 482 g/mol. The topological polar surface area (TPSA) is 92.8 Å². The molecule has 172 valence electrons. The molecule has 1 aliphatic rings. The Morgan fingerprint density at radius 3 is 2.62 bits per heavy atom. The Hall–Kier alpha value is -2.49. The van der Waals surface area contributed by atoms with Crippen molar-refractivity contribution in [2.75, 3.05) is 19.7 Å². The van der Waals surface area contributed by atoms with Gasteiger partial charge in [0.05, 0.1) is 10.6 Å². The fourth-order valence-corrected chi connectivity index (χ4v) is 5.50. The van der Waals surface area contributed by atoms with E-state index in [-0.39, 0.29) is 33.8 Å². The molecule has 0 aromatic heterocycles. The summed E-state index contributed by atoms with van der Waals surface area (Å²) in [4.78, 5) is 24.2. The fourth-order valence-electron chi connectivity index (χ4n) is 3.40. The number of amides is 1. The smallest absolute Gasteiger partial charge is 0.338 e. The maximum atomic E-state index is 13.0. The Morgan fingerprint density at radius 2 is 1.94 bits per heavy atom. The van der Waals surface area contributed by atoms with Crippen LogP contribution < -0.4 is 5.32 Å². The molecule has 10 heteroatoms. The molecule has 2 aromatic carbocycles. The number of carbonyl (C=O) groups excluding carboxylic acids is 2. The summed E-state index contributed by atoms with van der Waals surface area (Å²) in [7, 11) is -3.87. The Morgan fingerprint density at radius 1 is 1.22 bits per heavy atom. The molecule has 2 aromatic rings. The maximum absolute atomic E-state index is 13.0. The Labute approximate surface area is 191 Å². The van der Waals surface area contributed by atoms with Gasteiger partial charge >= 0.3 is 5.97 Å². The number of ether oxygens (including phenoxy) is 1. The molecule has 32 heavy (non-hydrogen) atoms. The number of nitrogens with zero attached hydrogens (tertiary/aromatic N) is 1. The second-order valence-electron chi connectivity index (χ2n) is 7.73. The van der Waals surface area contributed by atoms with Crippen molar-refractivity contribution in [2.45, 2.75) is 31.2 Å². The van der Waals surface area contributed by atoms with E-state index < -0.39 is 28.5 Å². The minimum atomic E-state index is -3.87. The zero-order valence-corrected chi connectivity index (χ0v) is 19.1. The normalized spacial score (nSPS) is 17.0. The van der Waals surface area contributed by atoms with Crippen LogP contribution in [0.2, 0.25) is 5.02 Å². The highest BCUT2D eigenvalue weighted by atomic mass is 35.5. The van der Waals surface area contributed by atoms with Gasteiger partial charge in [0, 0.05) is 19.6 Å². The van der Waals surface area contributed by atoms with Gasteiger partial charge in [-0.15, -0.1) is 0 Å². The molecule has 0 radical (unpaired) electrons. The van der Waals surface area contributed by atoms with Crippen LogP contribution in [-0.4, -0.2) is 44.3 Å². The van der Waals surface area contributed by atoms with Gasteiger partial charge in [-0.1, -0.05) is 30.7 Å². The van der Waals surface area contributed by atoms with Gasteiger partial charge < -0.3 is 10.1 Å². The van der Waals surface area contributed by atoms with E-state index in [1.54, 1.807) is 0 Å². The van der Waals surface area contributed by atoms with Gasteiger partial charge in [0.1, 0.15) is 10.7 Å². The molecular formula is C22H24ClFN2O5S. The van der Waals surface area contributed by atoms with Crippen LogP contribution in [0.1, 0.15) is 35.7 Å². The molecule has 1 aliphatic heterocycles. The Bertz CT molecular complexity index is 1090. The number of sulfonamides is 1. The quantitative estimate of drug-likeness (QED) is 0.611. The minimum Gasteiger partial charge on any atom is -0.452 e. The number of carbonyl (C=O) groups is 2. The number of hydrogen-bond donors (Lipinski definition) is 1. The van der Waals surface area contributed by atoms with Gasteiger partial charge in [-0.05, 0) is 54.7 Å². The molecule has 0 bridgehead atoms. The third-order valence-electron chi connectivity index (χ3n) is 5.14. The van der Waals surface area contributed by atoms with Crippen molar-refractivity contribution >= 4 is 33.5 Å². The predicted octanol–water partition coefficient (Wildman–Crippen LogP) is 3.37. The third kappa shape index (κ3) is 6.05. The summed E-state index contributed by atoms with van der Waals surface area (Å²) in [5, 5.41) is 2.57. The molecule has 1 saturated heterocycles. The van der Waals surface area contributed by atoms with Crippen molar-refractivity contribution < 1.29 is 27.1 Å². The van der Waals surface area contributed by atoms with Crippen molar-refractivity contribution in [3.63, 3.8) is 0 Å². The summed E-state index contributed by atoms with van der Waals surface area (Å²) in [6.45, 7) is 2.37. The van der Waals surface area contributed by atoms with E-state index in [1.165, 1.54) is 46.8 Å². The molecule has 1 atom stereocenters. The lowest BCUT2D eigenvalue weighted by atomic mass is 10.0. The van der Waals surface area contributed by atoms with E-state index in [0.717, 1.165) is 12.8 Å². The van der Waals surface area contributed by atoms with Gasteiger partial charge in [-0.3, -0.25) is 4.79 Å². The van der Waals surface area contributed by atoms with E-state index in [4.69, 9.17) is 16.3 Å². The maximum Gasteiger partial charge on any atom is 0.338 e. The van der Waals surface area contributed by atoms with Crippen molar-refractivity contribution in [1.29, 1.82) is 0 Å². The molecule has 7 nitrogen and oxygen atoms in total. The molecular weight excluding hydrogens is 459 g/mol. The van der Waals surface area contributed by atoms with Crippen molar-refractivity contribution in [3.8, 4) is 0 Å². The first-order valence-electron chi connectivity index (χ1n) is 10.1. The summed E-state index contributed by atoms with van der Waals surface area (Å²) >= 11 is 6.13.